The van der Waals surface area contributed by atoms with Crippen LogP contribution in [0.5, 0.6) is 0 Å². The van der Waals surface area contributed by atoms with E-state index in [1.54, 1.807) is 18.2 Å². The Labute approximate surface area is 182 Å². The Morgan fingerprint density at radius 1 is 1.16 bits per heavy atom. The largest absolute Gasteiger partial charge is 0.478 e. The molecule has 7 nitrogen and oxygen atoms in total. The van der Waals surface area contributed by atoms with Crippen molar-refractivity contribution in [3.05, 3.63) is 87.8 Å². The molecule has 1 aliphatic rings. The number of nitrogens with zero attached hydrogens (tertiary/aromatic N) is 1. The zero-order valence-electron chi connectivity index (χ0n) is 16.4. The molecule has 0 spiro atoms. The van der Waals surface area contributed by atoms with E-state index in [9.17, 15) is 14.4 Å². The Morgan fingerprint density at radius 3 is 2.68 bits per heavy atom. The van der Waals surface area contributed by atoms with Crippen LogP contribution >= 0.6 is 11.6 Å². The van der Waals surface area contributed by atoms with E-state index in [2.05, 4.69) is 5.32 Å². The van der Waals surface area contributed by atoms with Gasteiger partial charge in [-0.25, -0.2) is 9.59 Å². The summed E-state index contributed by atoms with van der Waals surface area (Å²) in [7, 11) is 0. The van der Waals surface area contributed by atoms with Gasteiger partial charge in [0.25, 0.3) is 5.91 Å². The van der Waals surface area contributed by atoms with Gasteiger partial charge in [-0.3, -0.25) is 9.69 Å². The van der Waals surface area contributed by atoms with E-state index in [-0.39, 0.29) is 22.8 Å². The van der Waals surface area contributed by atoms with Crippen LogP contribution in [0.25, 0.3) is 17.4 Å². The van der Waals surface area contributed by atoms with Crippen molar-refractivity contribution in [2.45, 2.75) is 13.5 Å². The van der Waals surface area contributed by atoms with Crippen molar-refractivity contribution in [2.75, 3.05) is 0 Å². The molecule has 2 aromatic carbocycles. The number of rotatable bonds is 5. The summed E-state index contributed by atoms with van der Waals surface area (Å²) in [5.74, 6) is -0.765. The molecule has 0 radical (unpaired) electrons. The second kappa shape index (κ2) is 8.12. The number of hydrogen-bond donors (Lipinski definition) is 2. The maximum absolute atomic E-state index is 12.7. The van der Waals surface area contributed by atoms with Gasteiger partial charge < -0.3 is 14.8 Å². The fourth-order valence-corrected chi connectivity index (χ4v) is 3.54. The smallest absolute Gasteiger partial charge is 0.337 e. The Bertz CT molecular complexity index is 1240. The third kappa shape index (κ3) is 4.22. The lowest BCUT2D eigenvalue weighted by Crippen LogP contribution is -2.30. The molecule has 1 aromatic heterocycles. The van der Waals surface area contributed by atoms with Crippen molar-refractivity contribution in [1.29, 1.82) is 0 Å². The second-order valence-corrected chi connectivity index (χ2v) is 7.48. The minimum atomic E-state index is -1.12. The van der Waals surface area contributed by atoms with Gasteiger partial charge >= 0.3 is 12.0 Å². The molecule has 0 bridgehead atoms. The number of carbonyl (C=O) groups is 3. The normalized spacial score (nSPS) is 14.9. The van der Waals surface area contributed by atoms with Crippen molar-refractivity contribution < 1.29 is 23.9 Å². The predicted molar refractivity (Wildman–Crippen MR) is 114 cm³/mol. The Hall–Kier alpha value is -3.84. The number of carboxylic acid groups (broad SMARTS) is 1. The third-order valence-electron chi connectivity index (χ3n) is 4.78. The molecule has 2 heterocycles. The zero-order valence-corrected chi connectivity index (χ0v) is 17.1. The van der Waals surface area contributed by atoms with Gasteiger partial charge in [-0.2, -0.15) is 0 Å². The molecule has 4 rings (SSSR count). The number of carboxylic acids is 1. The minimum absolute atomic E-state index is 0.00715. The lowest BCUT2D eigenvalue weighted by atomic mass is 10.1. The summed E-state index contributed by atoms with van der Waals surface area (Å²) in [6.07, 6.45) is 1.45. The Morgan fingerprint density at radius 2 is 1.97 bits per heavy atom. The summed E-state index contributed by atoms with van der Waals surface area (Å²) < 4.78 is 5.74. The average Bonchev–Trinajstić information content (AvgIpc) is 3.28. The summed E-state index contributed by atoms with van der Waals surface area (Å²) in [6.45, 7) is 2.11. The highest BCUT2D eigenvalue weighted by molar-refractivity contribution is 6.33. The molecule has 156 valence electrons. The molecule has 3 aromatic rings. The summed E-state index contributed by atoms with van der Waals surface area (Å²) in [4.78, 5) is 37.2. The number of aromatic carboxylic acids is 1. The van der Waals surface area contributed by atoms with Crippen LogP contribution in [0, 0.1) is 6.92 Å². The number of nitrogens with one attached hydrogen (secondary N) is 1. The molecule has 31 heavy (non-hydrogen) atoms. The molecular formula is C23H17ClN2O5. The number of aryl methyl sites for hydroxylation is 1. The standard InChI is InChI=1S/C23H17ClN2O5/c1-13-3-2-4-14(9-13)12-26-21(27)19(25-23(26)30)11-16-6-8-20(31-16)15-5-7-17(22(28)29)18(24)10-15/h2-11H,12H2,1H3,(H,25,30)(H,28,29)/b19-11+. The minimum Gasteiger partial charge on any atom is -0.478 e. The lowest BCUT2D eigenvalue weighted by molar-refractivity contribution is -0.123. The SMILES string of the molecule is Cc1cccc(CN2C(=O)N/C(=C/c3ccc(-c4ccc(C(=O)O)c(Cl)c4)o3)C2=O)c1. The molecule has 2 N–H and O–H groups in total. The highest BCUT2D eigenvalue weighted by Gasteiger charge is 2.33. The summed E-state index contributed by atoms with van der Waals surface area (Å²) >= 11 is 6.01. The number of furan rings is 1. The van der Waals surface area contributed by atoms with Gasteiger partial charge in [-0.05, 0) is 36.8 Å². The van der Waals surface area contributed by atoms with Crippen molar-refractivity contribution in [3.8, 4) is 11.3 Å². The topological polar surface area (TPSA) is 99.8 Å². The molecule has 8 heteroatoms. The van der Waals surface area contributed by atoms with E-state index in [0.717, 1.165) is 16.0 Å². The lowest BCUT2D eigenvalue weighted by Gasteiger charge is -2.12. The fraction of sp³-hybridized carbons (Fsp3) is 0.0870. The number of urea groups is 1. The summed E-state index contributed by atoms with van der Waals surface area (Å²) in [6, 6.07) is 14.9. The van der Waals surface area contributed by atoms with Crippen molar-refractivity contribution in [3.63, 3.8) is 0 Å². The van der Waals surface area contributed by atoms with Crippen LogP contribution in [0.15, 0.2) is 64.7 Å². The number of imide groups is 1. The van der Waals surface area contributed by atoms with Gasteiger partial charge in [-0.15, -0.1) is 0 Å². The highest BCUT2D eigenvalue weighted by Crippen LogP contribution is 2.28. The Balaban J connectivity index is 1.54. The molecule has 1 aliphatic heterocycles. The number of carbonyl (C=O) groups excluding carboxylic acids is 2. The van der Waals surface area contributed by atoms with E-state index in [4.69, 9.17) is 21.1 Å². The van der Waals surface area contributed by atoms with Crippen molar-refractivity contribution in [1.82, 2.24) is 10.2 Å². The Kier molecular flexibility index (Phi) is 5.35. The van der Waals surface area contributed by atoms with E-state index < -0.39 is 17.9 Å². The molecule has 1 fully saturated rings. The number of benzene rings is 2. The van der Waals surface area contributed by atoms with Gasteiger partial charge in [0.1, 0.15) is 17.2 Å². The van der Waals surface area contributed by atoms with Crippen LogP contribution in [0.4, 0.5) is 4.79 Å². The summed E-state index contributed by atoms with van der Waals surface area (Å²) in [5.41, 5.74) is 2.58. The van der Waals surface area contributed by atoms with Crippen LogP contribution in [-0.2, 0) is 11.3 Å². The van der Waals surface area contributed by atoms with Crippen LogP contribution in [0.1, 0.15) is 27.2 Å². The van der Waals surface area contributed by atoms with E-state index >= 15 is 0 Å². The molecule has 0 aliphatic carbocycles. The van der Waals surface area contributed by atoms with Gasteiger partial charge in [-0.1, -0.05) is 47.5 Å². The van der Waals surface area contributed by atoms with Crippen LogP contribution in [-0.4, -0.2) is 27.9 Å². The van der Waals surface area contributed by atoms with E-state index in [1.807, 2.05) is 31.2 Å². The molecule has 0 atom stereocenters. The molecule has 1 saturated heterocycles. The fourth-order valence-electron chi connectivity index (χ4n) is 3.28. The predicted octanol–water partition coefficient (Wildman–Crippen LogP) is 4.70. The maximum atomic E-state index is 12.7. The summed E-state index contributed by atoms with van der Waals surface area (Å²) in [5, 5.41) is 11.7. The molecule has 3 amide bonds. The quantitative estimate of drug-likeness (QED) is 0.446. The number of halogens is 1. The van der Waals surface area contributed by atoms with Crippen LogP contribution in [0.3, 0.4) is 0 Å². The van der Waals surface area contributed by atoms with Gasteiger partial charge in [0.2, 0.25) is 0 Å². The molecule has 0 unspecified atom stereocenters. The average molecular weight is 437 g/mol. The first-order valence-corrected chi connectivity index (χ1v) is 9.73. The van der Waals surface area contributed by atoms with Gasteiger partial charge in [0, 0.05) is 11.6 Å². The van der Waals surface area contributed by atoms with Crippen molar-refractivity contribution in [2.24, 2.45) is 0 Å². The first kappa shape index (κ1) is 20.4. The van der Waals surface area contributed by atoms with Gasteiger partial charge in [0.05, 0.1) is 17.1 Å². The first-order valence-electron chi connectivity index (χ1n) is 9.35. The highest BCUT2D eigenvalue weighted by atomic mass is 35.5. The van der Waals surface area contributed by atoms with Crippen LogP contribution in [0.2, 0.25) is 5.02 Å². The first-order chi connectivity index (χ1) is 14.8. The number of hydrogen-bond acceptors (Lipinski definition) is 4. The van der Waals surface area contributed by atoms with Gasteiger partial charge in [0.15, 0.2) is 0 Å². The zero-order chi connectivity index (χ0) is 22.1. The van der Waals surface area contributed by atoms with E-state index in [1.165, 1.54) is 18.2 Å². The molecule has 0 saturated carbocycles. The van der Waals surface area contributed by atoms with E-state index in [0.29, 0.717) is 17.1 Å². The second-order valence-electron chi connectivity index (χ2n) is 7.07. The van der Waals surface area contributed by atoms with Crippen LogP contribution < -0.4 is 5.32 Å². The molecular weight excluding hydrogens is 420 g/mol. The third-order valence-corrected chi connectivity index (χ3v) is 5.10. The van der Waals surface area contributed by atoms with Crippen molar-refractivity contribution >= 4 is 35.6 Å². The monoisotopic (exact) mass is 436 g/mol. The maximum Gasteiger partial charge on any atom is 0.337 e. The number of amides is 3.